The summed E-state index contributed by atoms with van der Waals surface area (Å²) in [7, 11) is 0. The minimum Gasteiger partial charge on any atom is -0.423 e. The Morgan fingerprint density at radius 3 is 2.60 bits per heavy atom. The van der Waals surface area contributed by atoms with Crippen LogP contribution in [0.5, 0.6) is 0 Å². The lowest BCUT2D eigenvalue weighted by Crippen LogP contribution is -2.05. The molecule has 0 bridgehead atoms. The number of ether oxygens (including phenoxy) is 1. The molecule has 5 heteroatoms. The number of esters is 1. The van der Waals surface area contributed by atoms with Crippen LogP contribution in [0.3, 0.4) is 0 Å². The summed E-state index contributed by atoms with van der Waals surface area (Å²) in [4.78, 5) is 28.2. The number of cyclic esters (lactones) is 1. The highest BCUT2D eigenvalue weighted by atomic mass is 16.6. The molecule has 0 saturated heterocycles. The van der Waals surface area contributed by atoms with E-state index in [4.69, 9.17) is 9.15 Å². The minimum absolute atomic E-state index is 0.145. The van der Waals surface area contributed by atoms with E-state index in [9.17, 15) is 9.59 Å². The van der Waals surface area contributed by atoms with Gasteiger partial charge in [-0.3, -0.25) is 0 Å². The van der Waals surface area contributed by atoms with E-state index in [0.717, 1.165) is 10.9 Å². The molecular weight excluding hydrogens is 318 g/mol. The van der Waals surface area contributed by atoms with Gasteiger partial charge in [0.25, 0.3) is 0 Å². The smallest absolute Gasteiger partial charge is 0.363 e. The topological polar surface area (TPSA) is 68.9 Å². The van der Waals surface area contributed by atoms with Crippen LogP contribution in [0.4, 0.5) is 0 Å². The molecule has 1 aromatic heterocycles. The van der Waals surface area contributed by atoms with Crippen LogP contribution < -0.4 is 5.63 Å². The fraction of sp³-hybridized carbons (Fsp3) is 0.0500. The van der Waals surface area contributed by atoms with E-state index >= 15 is 0 Å². The highest BCUT2D eigenvalue weighted by Gasteiger charge is 2.24. The van der Waals surface area contributed by atoms with Crippen molar-refractivity contribution in [2.75, 3.05) is 0 Å². The predicted octanol–water partition coefficient (Wildman–Crippen LogP) is 3.45. The standard InChI is InChI=1S/C20H13NO4/c1-12-7-8-15-14(11-18(22)24-17(15)9-12)10-16-20(23)25-19(21-16)13-5-3-2-4-6-13/h2-11H,1H3/b16-10+. The van der Waals surface area contributed by atoms with Crippen molar-refractivity contribution in [2.24, 2.45) is 4.99 Å². The van der Waals surface area contributed by atoms with Crippen molar-refractivity contribution in [3.05, 3.63) is 87.4 Å². The lowest BCUT2D eigenvalue weighted by molar-refractivity contribution is -0.129. The fourth-order valence-corrected chi connectivity index (χ4v) is 2.68. The van der Waals surface area contributed by atoms with Crippen molar-refractivity contribution in [3.8, 4) is 0 Å². The van der Waals surface area contributed by atoms with Crippen LogP contribution in [-0.4, -0.2) is 11.9 Å². The highest BCUT2D eigenvalue weighted by Crippen LogP contribution is 2.24. The number of hydrogen-bond acceptors (Lipinski definition) is 5. The number of benzene rings is 2. The third kappa shape index (κ3) is 2.87. The Hall–Kier alpha value is -3.47. The third-order valence-corrected chi connectivity index (χ3v) is 3.87. The van der Waals surface area contributed by atoms with Gasteiger partial charge in [0.1, 0.15) is 5.58 Å². The van der Waals surface area contributed by atoms with Gasteiger partial charge in [0.2, 0.25) is 5.90 Å². The molecular formula is C20H13NO4. The Morgan fingerprint density at radius 1 is 1.00 bits per heavy atom. The van der Waals surface area contributed by atoms with Crippen LogP contribution in [0, 0.1) is 6.92 Å². The quantitative estimate of drug-likeness (QED) is 0.410. The molecule has 0 saturated carbocycles. The zero-order chi connectivity index (χ0) is 17.4. The summed E-state index contributed by atoms with van der Waals surface area (Å²) >= 11 is 0. The van der Waals surface area contributed by atoms with E-state index in [1.807, 2.05) is 49.4 Å². The van der Waals surface area contributed by atoms with Crippen molar-refractivity contribution in [1.29, 1.82) is 0 Å². The third-order valence-electron chi connectivity index (χ3n) is 3.87. The lowest BCUT2D eigenvalue weighted by atomic mass is 10.1. The first-order chi connectivity index (χ1) is 12.1. The van der Waals surface area contributed by atoms with E-state index in [1.54, 1.807) is 12.1 Å². The summed E-state index contributed by atoms with van der Waals surface area (Å²) in [5.41, 5.74) is 2.39. The lowest BCUT2D eigenvalue weighted by Gasteiger charge is -2.02. The van der Waals surface area contributed by atoms with Gasteiger partial charge in [-0.05, 0) is 42.3 Å². The van der Waals surface area contributed by atoms with Gasteiger partial charge in [0.15, 0.2) is 5.70 Å². The van der Waals surface area contributed by atoms with E-state index in [2.05, 4.69) is 4.99 Å². The number of aryl methyl sites for hydroxylation is 1. The number of fused-ring (bicyclic) bond motifs is 1. The van der Waals surface area contributed by atoms with Crippen LogP contribution in [0.15, 0.2) is 74.5 Å². The molecule has 0 radical (unpaired) electrons. The first kappa shape index (κ1) is 15.1. The van der Waals surface area contributed by atoms with E-state index in [1.165, 1.54) is 6.07 Å². The summed E-state index contributed by atoms with van der Waals surface area (Å²) in [5.74, 6) is -0.299. The Bertz CT molecular complexity index is 1110. The number of carbonyl (C=O) groups excluding carboxylic acids is 1. The summed E-state index contributed by atoms with van der Waals surface area (Å²) in [6, 6.07) is 16.1. The van der Waals surface area contributed by atoms with Crippen LogP contribution >= 0.6 is 0 Å². The number of aliphatic imine (C=N–C) groups is 1. The molecule has 0 atom stereocenters. The van der Waals surface area contributed by atoms with Crippen LogP contribution in [0.25, 0.3) is 17.0 Å². The van der Waals surface area contributed by atoms with Crippen molar-refractivity contribution in [2.45, 2.75) is 6.92 Å². The number of nitrogens with zero attached hydrogens (tertiary/aromatic N) is 1. The molecule has 0 N–H and O–H groups in total. The molecule has 4 rings (SSSR count). The molecule has 5 nitrogen and oxygen atoms in total. The predicted molar refractivity (Wildman–Crippen MR) is 94.3 cm³/mol. The zero-order valence-corrected chi connectivity index (χ0v) is 13.4. The maximum atomic E-state index is 12.1. The molecule has 2 aromatic carbocycles. The molecule has 3 aromatic rings. The molecule has 1 aliphatic heterocycles. The van der Waals surface area contributed by atoms with Crippen LogP contribution in [-0.2, 0) is 9.53 Å². The molecule has 0 fully saturated rings. The van der Waals surface area contributed by atoms with Crippen LogP contribution in [0.2, 0.25) is 0 Å². The van der Waals surface area contributed by atoms with Crippen molar-refractivity contribution in [1.82, 2.24) is 0 Å². The van der Waals surface area contributed by atoms with Gasteiger partial charge in [-0.15, -0.1) is 0 Å². The van der Waals surface area contributed by atoms with Gasteiger partial charge >= 0.3 is 11.6 Å². The maximum absolute atomic E-state index is 12.1. The van der Waals surface area contributed by atoms with Crippen molar-refractivity contribution in [3.63, 3.8) is 0 Å². The average Bonchev–Trinajstić information content (AvgIpc) is 2.96. The fourth-order valence-electron chi connectivity index (χ4n) is 2.68. The normalized spacial score (nSPS) is 15.5. The molecule has 1 aliphatic rings. The SMILES string of the molecule is Cc1ccc2c(/C=C3/N=C(c4ccccc4)OC3=O)cc(=O)oc2c1. The molecule has 0 unspecified atom stereocenters. The number of carbonyl (C=O) groups is 1. The van der Waals surface area contributed by atoms with Gasteiger partial charge in [-0.1, -0.05) is 30.3 Å². The Labute approximate surface area is 142 Å². The monoisotopic (exact) mass is 331 g/mol. The highest BCUT2D eigenvalue weighted by molar-refractivity contribution is 6.13. The number of rotatable bonds is 2. The summed E-state index contributed by atoms with van der Waals surface area (Å²) in [6.45, 7) is 1.91. The van der Waals surface area contributed by atoms with Gasteiger partial charge in [0.05, 0.1) is 0 Å². The maximum Gasteiger partial charge on any atom is 0.363 e. The van der Waals surface area contributed by atoms with Gasteiger partial charge in [0, 0.05) is 17.0 Å². The summed E-state index contributed by atoms with van der Waals surface area (Å²) in [5, 5.41) is 0.730. The summed E-state index contributed by atoms with van der Waals surface area (Å²) < 4.78 is 10.5. The van der Waals surface area contributed by atoms with Crippen LogP contribution in [0.1, 0.15) is 16.7 Å². The van der Waals surface area contributed by atoms with Crippen molar-refractivity contribution >= 4 is 28.9 Å². The largest absolute Gasteiger partial charge is 0.423 e. The van der Waals surface area contributed by atoms with Gasteiger partial charge < -0.3 is 9.15 Å². The van der Waals surface area contributed by atoms with Crippen molar-refractivity contribution < 1.29 is 13.9 Å². The van der Waals surface area contributed by atoms with E-state index in [0.29, 0.717) is 16.7 Å². The zero-order valence-electron chi connectivity index (χ0n) is 13.4. The summed E-state index contributed by atoms with van der Waals surface area (Å²) in [6.07, 6.45) is 1.55. The Morgan fingerprint density at radius 2 is 1.80 bits per heavy atom. The average molecular weight is 331 g/mol. The van der Waals surface area contributed by atoms with E-state index in [-0.39, 0.29) is 11.6 Å². The second kappa shape index (κ2) is 5.87. The molecule has 122 valence electrons. The second-order valence-electron chi connectivity index (χ2n) is 5.72. The minimum atomic E-state index is -0.549. The Balaban J connectivity index is 1.83. The molecule has 0 spiro atoms. The molecule has 2 heterocycles. The van der Waals surface area contributed by atoms with Gasteiger partial charge in [-0.2, -0.15) is 0 Å². The molecule has 0 amide bonds. The van der Waals surface area contributed by atoms with Gasteiger partial charge in [-0.25, -0.2) is 14.6 Å². The first-order valence-electron chi connectivity index (χ1n) is 7.73. The molecule has 25 heavy (non-hydrogen) atoms. The number of hydrogen-bond donors (Lipinski definition) is 0. The Kier molecular flexibility index (Phi) is 3.54. The second-order valence-corrected chi connectivity index (χ2v) is 5.72. The molecule has 0 aliphatic carbocycles. The van der Waals surface area contributed by atoms with E-state index < -0.39 is 11.6 Å². The first-order valence-corrected chi connectivity index (χ1v) is 7.73.